The topological polar surface area (TPSA) is 34.1 Å². The van der Waals surface area contributed by atoms with Crippen molar-refractivity contribution in [2.24, 2.45) is 0 Å². The largest absolute Gasteiger partial charge is 0.383 e. The van der Waals surface area contributed by atoms with E-state index in [1.165, 1.54) is 6.07 Å². The summed E-state index contributed by atoms with van der Waals surface area (Å²) in [7, 11) is 1.67. The number of thiazole rings is 1. The molecule has 3 nitrogen and oxygen atoms in total. The molecule has 0 amide bonds. The quantitative estimate of drug-likeness (QED) is 0.760. The van der Waals surface area contributed by atoms with Gasteiger partial charge in [0.25, 0.3) is 0 Å². The Morgan fingerprint density at radius 1 is 1.40 bits per heavy atom. The second kappa shape index (κ2) is 8.09. The van der Waals surface area contributed by atoms with Crippen LogP contribution in [0.25, 0.3) is 0 Å². The van der Waals surface area contributed by atoms with Gasteiger partial charge in [-0.25, -0.2) is 9.37 Å². The Morgan fingerprint density at radius 3 is 2.95 bits per heavy atom. The van der Waals surface area contributed by atoms with Crippen LogP contribution in [0.1, 0.15) is 17.2 Å². The second-order valence-corrected chi connectivity index (χ2v) is 5.32. The molecule has 0 aliphatic rings. The summed E-state index contributed by atoms with van der Waals surface area (Å²) >= 11 is 1.57. The Balaban J connectivity index is 2.05. The Morgan fingerprint density at radius 2 is 2.25 bits per heavy atom. The summed E-state index contributed by atoms with van der Waals surface area (Å²) in [4.78, 5) is 4.30. The van der Waals surface area contributed by atoms with Crippen LogP contribution < -0.4 is 5.32 Å². The third-order valence-corrected chi connectivity index (χ3v) is 3.79. The molecular weight excluding hydrogens is 275 g/mol. The summed E-state index contributed by atoms with van der Waals surface area (Å²) in [5, 5.41) is 5.33. The first kappa shape index (κ1) is 15.1. The fourth-order valence-corrected chi connectivity index (χ4v) is 2.71. The van der Waals surface area contributed by atoms with E-state index in [0.29, 0.717) is 13.2 Å². The lowest BCUT2D eigenvalue weighted by Crippen LogP contribution is -2.26. The molecule has 2 rings (SSSR count). The third kappa shape index (κ3) is 4.37. The van der Waals surface area contributed by atoms with Gasteiger partial charge in [-0.3, -0.25) is 0 Å². The van der Waals surface area contributed by atoms with Crippen LogP contribution in [-0.2, 0) is 11.2 Å². The summed E-state index contributed by atoms with van der Waals surface area (Å²) in [6.45, 7) is 2.13. The summed E-state index contributed by atoms with van der Waals surface area (Å²) in [6, 6.07) is 6.96. The zero-order valence-electron chi connectivity index (χ0n) is 11.5. The van der Waals surface area contributed by atoms with Gasteiger partial charge in [-0.2, -0.15) is 0 Å². The molecular formula is C15H19FN2OS. The van der Waals surface area contributed by atoms with E-state index in [0.717, 1.165) is 24.2 Å². The fourth-order valence-electron chi connectivity index (χ4n) is 2.14. The number of methoxy groups -OCH3 is 1. The van der Waals surface area contributed by atoms with Crippen molar-refractivity contribution < 1.29 is 9.13 Å². The van der Waals surface area contributed by atoms with Crippen LogP contribution in [0.2, 0.25) is 0 Å². The number of rotatable bonds is 8. The van der Waals surface area contributed by atoms with Crippen LogP contribution in [0.4, 0.5) is 4.39 Å². The second-order valence-electron chi connectivity index (χ2n) is 4.60. The normalized spacial score (nSPS) is 12.5. The molecule has 5 heteroatoms. The van der Waals surface area contributed by atoms with Gasteiger partial charge in [0.2, 0.25) is 0 Å². The number of ether oxygens (including phenoxy) is 1. The molecule has 0 saturated heterocycles. The van der Waals surface area contributed by atoms with Gasteiger partial charge in [-0.1, -0.05) is 18.2 Å². The smallest absolute Gasteiger partial charge is 0.126 e. The van der Waals surface area contributed by atoms with Crippen LogP contribution in [-0.4, -0.2) is 31.8 Å². The molecule has 0 saturated carbocycles. The molecule has 1 N–H and O–H groups in total. The van der Waals surface area contributed by atoms with Crippen molar-refractivity contribution in [2.45, 2.75) is 12.3 Å². The molecule has 0 spiro atoms. The van der Waals surface area contributed by atoms with Gasteiger partial charge in [0.15, 0.2) is 0 Å². The number of hydrogen-bond donors (Lipinski definition) is 1. The Hall–Kier alpha value is -1.30. The molecule has 0 aliphatic heterocycles. The number of nitrogens with one attached hydrogen (secondary N) is 1. The first-order valence-corrected chi connectivity index (χ1v) is 7.56. The molecule has 0 radical (unpaired) electrons. The highest BCUT2D eigenvalue weighted by atomic mass is 32.1. The first-order chi connectivity index (χ1) is 9.81. The highest BCUT2D eigenvalue weighted by Gasteiger charge is 2.16. The van der Waals surface area contributed by atoms with Crippen molar-refractivity contribution in [3.8, 4) is 0 Å². The molecule has 0 fully saturated rings. The van der Waals surface area contributed by atoms with Gasteiger partial charge >= 0.3 is 0 Å². The number of nitrogens with zero attached hydrogens (tertiary/aromatic N) is 1. The van der Waals surface area contributed by atoms with Crippen LogP contribution in [0.15, 0.2) is 35.2 Å². The molecule has 1 aromatic heterocycles. The number of halogens is 1. The average molecular weight is 294 g/mol. The van der Waals surface area contributed by atoms with Crippen LogP contribution in [0.3, 0.4) is 0 Å². The van der Waals surface area contributed by atoms with Crippen molar-refractivity contribution in [1.82, 2.24) is 10.3 Å². The third-order valence-electron chi connectivity index (χ3n) is 3.16. The molecule has 1 atom stereocenters. The molecule has 1 heterocycles. The van der Waals surface area contributed by atoms with Gasteiger partial charge in [0, 0.05) is 31.5 Å². The Labute approximate surface area is 122 Å². The first-order valence-electron chi connectivity index (χ1n) is 6.62. The van der Waals surface area contributed by atoms with Gasteiger partial charge in [0.1, 0.15) is 5.82 Å². The maximum absolute atomic E-state index is 14.0. The predicted octanol–water partition coefficient (Wildman–Crippen LogP) is 2.84. The number of aromatic nitrogens is 1. The van der Waals surface area contributed by atoms with Crippen molar-refractivity contribution >= 4 is 11.3 Å². The van der Waals surface area contributed by atoms with Gasteiger partial charge < -0.3 is 10.1 Å². The fraction of sp³-hybridized carbons (Fsp3) is 0.400. The van der Waals surface area contributed by atoms with E-state index in [-0.39, 0.29) is 11.7 Å². The monoisotopic (exact) mass is 294 g/mol. The molecule has 108 valence electrons. The number of benzene rings is 1. The van der Waals surface area contributed by atoms with E-state index in [9.17, 15) is 4.39 Å². The zero-order chi connectivity index (χ0) is 14.2. The molecule has 1 unspecified atom stereocenters. The molecule has 1 aromatic carbocycles. The SMILES string of the molecule is COCCNCC(Cc1cscn1)c1ccccc1F. The van der Waals surface area contributed by atoms with Crippen LogP contribution in [0.5, 0.6) is 0 Å². The standard InChI is InChI=1S/C15H19FN2OS/c1-19-7-6-17-9-12(8-13-10-20-11-18-13)14-4-2-3-5-15(14)16/h2-5,10-12,17H,6-9H2,1H3. The van der Waals surface area contributed by atoms with E-state index >= 15 is 0 Å². The minimum absolute atomic E-state index is 0.0788. The highest BCUT2D eigenvalue weighted by molar-refractivity contribution is 7.07. The molecule has 0 aliphatic carbocycles. The number of hydrogen-bond acceptors (Lipinski definition) is 4. The Bertz CT molecular complexity index is 504. The maximum atomic E-state index is 14.0. The predicted molar refractivity (Wildman–Crippen MR) is 79.7 cm³/mol. The van der Waals surface area contributed by atoms with Crippen LogP contribution in [0, 0.1) is 5.82 Å². The lowest BCUT2D eigenvalue weighted by molar-refractivity contribution is 0.199. The highest BCUT2D eigenvalue weighted by Crippen LogP contribution is 2.23. The van der Waals surface area contributed by atoms with E-state index < -0.39 is 0 Å². The van der Waals surface area contributed by atoms with Gasteiger partial charge in [-0.15, -0.1) is 11.3 Å². The minimum atomic E-state index is -0.152. The summed E-state index contributed by atoms with van der Waals surface area (Å²) in [5.74, 6) is -0.0728. The van der Waals surface area contributed by atoms with Gasteiger partial charge in [0.05, 0.1) is 17.8 Å². The van der Waals surface area contributed by atoms with Crippen molar-refractivity contribution in [3.63, 3.8) is 0 Å². The van der Waals surface area contributed by atoms with Crippen LogP contribution >= 0.6 is 11.3 Å². The van der Waals surface area contributed by atoms with Gasteiger partial charge in [-0.05, 0) is 18.1 Å². The molecule has 2 aromatic rings. The summed E-state index contributed by atoms with van der Waals surface area (Å²) in [5.41, 5.74) is 3.56. The van der Waals surface area contributed by atoms with E-state index in [4.69, 9.17) is 4.74 Å². The lowest BCUT2D eigenvalue weighted by atomic mass is 9.94. The van der Waals surface area contributed by atoms with Crippen molar-refractivity contribution in [1.29, 1.82) is 0 Å². The Kier molecular flexibility index (Phi) is 6.11. The van der Waals surface area contributed by atoms with E-state index in [1.54, 1.807) is 24.5 Å². The maximum Gasteiger partial charge on any atom is 0.126 e. The zero-order valence-corrected chi connectivity index (χ0v) is 12.3. The van der Waals surface area contributed by atoms with Crippen molar-refractivity contribution in [3.05, 3.63) is 52.2 Å². The molecule has 0 bridgehead atoms. The van der Waals surface area contributed by atoms with E-state index in [2.05, 4.69) is 10.3 Å². The summed E-state index contributed by atoms with van der Waals surface area (Å²) < 4.78 is 19.0. The van der Waals surface area contributed by atoms with Crippen molar-refractivity contribution in [2.75, 3.05) is 26.8 Å². The minimum Gasteiger partial charge on any atom is -0.383 e. The lowest BCUT2D eigenvalue weighted by Gasteiger charge is -2.18. The summed E-state index contributed by atoms with van der Waals surface area (Å²) in [6.07, 6.45) is 0.740. The molecule has 20 heavy (non-hydrogen) atoms. The van der Waals surface area contributed by atoms with E-state index in [1.807, 2.05) is 23.0 Å². The average Bonchev–Trinajstić information content (AvgIpc) is 2.96.